The molecule has 0 amide bonds. The fourth-order valence-corrected chi connectivity index (χ4v) is 21.0. The molecule has 1 saturated heterocycles. The summed E-state index contributed by atoms with van der Waals surface area (Å²) in [6.45, 7) is 16.5. The number of hydrogen-bond acceptors (Lipinski definition) is 5. The fraction of sp³-hybridized carbons (Fsp3) is 0.812. The van der Waals surface area contributed by atoms with Crippen LogP contribution in [0.4, 0.5) is 0 Å². The lowest BCUT2D eigenvalue weighted by atomic mass is 10.4. The van der Waals surface area contributed by atoms with Crippen molar-refractivity contribution in [1.82, 2.24) is 0 Å². The molecule has 1 rings (SSSR count). The summed E-state index contributed by atoms with van der Waals surface area (Å²) in [6.07, 6.45) is 2.90. The van der Waals surface area contributed by atoms with Gasteiger partial charge in [-0.25, -0.2) is 4.79 Å². The summed E-state index contributed by atoms with van der Waals surface area (Å²) in [4.78, 5) is 11.5. The van der Waals surface area contributed by atoms with E-state index in [0.717, 1.165) is 37.4 Å². The minimum Gasteiger partial charge on any atom is -0.462 e. The van der Waals surface area contributed by atoms with Crippen LogP contribution in [0.25, 0.3) is 0 Å². The highest BCUT2D eigenvalue weighted by Gasteiger charge is 2.55. The van der Waals surface area contributed by atoms with Crippen molar-refractivity contribution in [2.45, 2.75) is 77.8 Å². The quantitative estimate of drug-likeness (QED) is 0.249. The van der Waals surface area contributed by atoms with Crippen LogP contribution < -0.4 is 0 Å². The van der Waals surface area contributed by atoms with E-state index in [1.807, 2.05) is 0 Å². The van der Waals surface area contributed by atoms with Crippen LogP contribution in [0.1, 0.15) is 40.0 Å². The highest BCUT2D eigenvalue weighted by molar-refractivity contribution is 6.93. The van der Waals surface area contributed by atoms with Gasteiger partial charge in [0.25, 0.3) is 0 Å². The molecule has 0 radical (unpaired) electrons. The smallest absolute Gasteiger partial charge is 0.333 e. The first-order valence-corrected chi connectivity index (χ1v) is 16.6. The van der Waals surface area contributed by atoms with Crippen molar-refractivity contribution in [1.29, 1.82) is 0 Å². The molecule has 2 atom stereocenters. The van der Waals surface area contributed by atoms with Gasteiger partial charge in [0.05, 0.1) is 6.61 Å². The summed E-state index contributed by atoms with van der Waals surface area (Å²) in [5.74, 6) is -0.328. The van der Waals surface area contributed by atoms with E-state index in [1.165, 1.54) is 0 Å². The molecule has 0 aromatic carbocycles. The highest BCUT2D eigenvalue weighted by atomic mass is 28.5. The molecule has 1 fully saturated rings. The zero-order valence-corrected chi connectivity index (χ0v) is 19.2. The van der Waals surface area contributed by atoms with Gasteiger partial charge in [-0.3, -0.25) is 0 Å². The predicted octanol–water partition coefficient (Wildman–Crippen LogP) is 4.60. The number of hydrogen-bond donors (Lipinski definition) is 0. The first-order valence-electron chi connectivity index (χ1n) is 9.00. The number of carbonyl (C=O) groups is 1. The van der Waals surface area contributed by atoms with Gasteiger partial charge in [0, 0.05) is 5.57 Å². The minimum absolute atomic E-state index is 0.328. The molecule has 1 heterocycles. The second-order valence-corrected chi connectivity index (χ2v) is 18.0. The van der Waals surface area contributed by atoms with E-state index in [9.17, 15) is 4.79 Å². The maximum atomic E-state index is 11.5. The van der Waals surface area contributed by atoms with Crippen molar-refractivity contribution >= 4 is 31.7 Å². The van der Waals surface area contributed by atoms with Gasteiger partial charge >= 0.3 is 31.7 Å². The van der Waals surface area contributed by atoms with Crippen LogP contribution in [-0.4, -0.2) is 38.3 Å². The van der Waals surface area contributed by atoms with Crippen LogP contribution in [0.15, 0.2) is 12.2 Å². The molecule has 0 spiro atoms. The molecule has 0 N–H and O–H groups in total. The zero-order valence-electron chi connectivity index (χ0n) is 16.2. The first-order chi connectivity index (χ1) is 11.1. The lowest BCUT2D eigenvalue weighted by Crippen LogP contribution is -2.67. The second-order valence-electron chi connectivity index (χ2n) is 7.23. The van der Waals surface area contributed by atoms with Crippen molar-refractivity contribution in [3.63, 3.8) is 0 Å². The van der Waals surface area contributed by atoms with E-state index in [0.29, 0.717) is 12.2 Å². The molecule has 0 aromatic heterocycles. The summed E-state index contributed by atoms with van der Waals surface area (Å²) in [5, 5.41) is 0. The average molecular weight is 391 g/mol. The molecule has 0 bridgehead atoms. The lowest BCUT2D eigenvalue weighted by Gasteiger charge is -2.50. The topological polar surface area (TPSA) is 54.0 Å². The maximum absolute atomic E-state index is 11.5. The lowest BCUT2D eigenvalue weighted by molar-refractivity contribution is -0.138. The van der Waals surface area contributed by atoms with Gasteiger partial charge in [-0.15, -0.1) is 0 Å². The van der Waals surface area contributed by atoms with Crippen LogP contribution in [0.2, 0.25) is 37.8 Å². The van der Waals surface area contributed by atoms with E-state index in [4.69, 9.17) is 17.1 Å². The van der Waals surface area contributed by atoms with Gasteiger partial charge in [-0.05, 0) is 51.1 Å². The molecule has 0 aromatic rings. The van der Waals surface area contributed by atoms with Gasteiger partial charge < -0.3 is 17.1 Å². The Labute approximate surface area is 150 Å². The van der Waals surface area contributed by atoms with E-state index in [2.05, 4.69) is 40.1 Å². The van der Waals surface area contributed by atoms with Gasteiger partial charge in [-0.2, -0.15) is 0 Å². The van der Waals surface area contributed by atoms with Crippen molar-refractivity contribution in [3.05, 3.63) is 12.2 Å². The number of rotatable bonds is 9. The van der Waals surface area contributed by atoms with Crippen LogP contribution in [-0.2, 0) is 21.9 Å². The Morgan fingerprint density at radius 3 is 1.71 bits per heavy atom. The summed E-state index contributed by atoms with van der Waals surface area (Å²) >= 11 is 0. The van der Waals surface area contributed by atoms with Crippen molar-refractivity contribution in [2.75, 3.05) is 6.61 Å². The summed E-state index contributed by atoms with van der Waals surface area (Å²) in [7, 11) is -6.63. The number of carbonyl (C=O) groups excluding carboxylic acids is 1. The Morgan fingerprint density at radius 2 is 1.33 bits per heavy atom. The normalized spacial score (nSPS) is 33.2. The van der Waals surface area contributed by atoms with Crippen molar-refractivity contribution in [2.24, 2.45) is 0 Å². The third kappa shape index (κ3) is 6.57. The summed E-state index contributed by atoms with van der Waals surface area (Å²) in [5.41, 5.74) is 0.433. The number of esters is 1. The van der Waals surface area contributed by atoms with Crippen LogP contribution in [0.5, 0.6) is 0 Å². The monoisotopic (exact) mass is 390 g/mol. The third-order valence-electron chi connectivity index (χ3n) is 4.06. The zero-order chi connectivity index (χ0) is 18.4. The fourth-order valence-electron chi connectivity index (χ4n) is 3.33. The molecule has 0 saturated carbocycles. The second kappa shape index (κ2) is 8.91. The van der Waals surface area contributed by atoms with E-state index < -0.39 is 25.7 Å². The largest absolute Gasteiger partial charge is 0.462 e. The Hall–Kier alpha value is -0.259. The Bertz CT molecular complexity index is 439. The average Bonchev–Trinajstić information content (AvgIpc) is 2.41. The van der Waals surface area contributed by atoms with Crippen LogP contribution >= 0.6 is 0 Å². The first kappa shape index (κ1) is 21.8. The third-order valence-corrected chi connectivity index (χ3v) is 18.5. The van der Waals surface area contributed by atoms with Gasteiger partial charge in [-0.1, -0.05) is 33.3 Å². The predicted molar refractivity (Wildman–Crippen MR) is 104 cm³/mol. The molecule has 1 aliphatic rings. The Kier molecular flexibility index (Phi) is 8.08. The van der Waals surface area contributed by atoms with Crippen molar-refractivity contribution in [3.8, 4) is 0 Å². The van der Waals surface area contributed by atoms with E-state index in [1.54, 1.807) is 6.92 Å². The Morgan fingerprint density at radius 1 is 0.917 bits per heavy atom. The molecule has 2 unspecified atom stereocenters. The maximum Gasteiger partial charge on any atom is 0.333 e. The Balaban J connectivity index is 2.71. The number of ether oxygens (including phenoxy) is 1. The van der Waals surface area contributed by atoms with Crippen molar-refractivity contribution < 1.29 is 21.9 Å². The molecule has 1 aliphatic heterocycles. The van der Waals surface area contributed by atoms with Gasteiger partial charge in [0.2, 0.25) is 0 Å². The SMILES string of the molecule is C=C(C)C(=O)OCCC[Si]1(C)O[Si](C)(CCC)O[Si](C)(CCC)O1. The molecule has 24 heavy (non-hydrogen) atoms. The molecular weight excluding hydrogens is 356 g/mol. The van der Waals surface area contributed by atoms with Crippen LogP contribution in [0.3, 0.4) is 0 Å². The molecule has 5 nitrogen and oxygen atoms in total. The summed E-state index contributed by atoms with van der Waals surface area (Å²) in [6, 6.07) is 2.85. The minimum atomic E-state index is -2.30. The molecule has 0 aliphatic carbocycles. The standard InChI is InChI=1S/C16H34O5Si3/c1-8-12-22(5)19-23(6,13-9-2)21-24(7,20-22)14-10-11-18-16(17)15(3)4/h3,8-14H2,1-2,4-7H3. The van der Waals surface area contributed by atoms with Gasteiger partial charge in [0.1, 0.15) is 0 Å². The summed E-state index contributed by atoms with van der Waals surface area (Å²) < 4.78 is 24.7. The highest BCUT2D eigenvalue weighted by Crippen LogP contribution is 2.38. The molecular formula is C16H34O5Si3. The van der Waals surface area contributed by atoms with Crippen LogP contribution in [0, 0.1) is 0 Å². The molecule has 8 heteroatoms. The van der Waals surface area contributed by atoms with E-state index in [-0.39, 0.29) is 5.97 Å². The van der Waals surface area contributed by atoms with E-state index >= 15 is 0 Å². The molecule has 140 valence electrons. The van der Waals surface area contributed by atoms with Gasteiger partial charge in [0.15, 0.2) is 0 Å².